The minimum atomic E-state index is -0.628. The minimum absolute atomic E-state index is 0.0804. The molecule has 24 heavy (non-hydrogen) atoms. The third kappa shape index (κ3) is 5.85. The SMILES string of the molecule is CC(C)(C)OC(=O)NC(NC(=O)C1CCOCC1)c1ccccc1. The normalized spacial score (nSPS) is 17.0. The summed E-state index contributed by atoms with van der Waals surface area (Å²) in [7, 11) is 0. The van der Waals surface area contributed by atoms with Crippen LogP contribution in [0.4, 0.5) is 4.79 Å². The standard InChI is InChI=1S/C18H26N2O4/c1-18(2,3)24-17(22)20-15(13-7-5-4-6-8-13)19-16(21)14-9-11-23-12-10-14/h4-8,14-15H,9-12H2,1-3H3,(H,19,21)(H,20,22). The molecular weight excluding hydrogens is 308 g/mol. The molecule has 2 N–H and O–H groups in total. The van der Waals surface area contributed by atoms with Gasteiger partial charge in [0.05, 0.1) is 0 Å². The fraction of sp³-hybridized carbons (Fsp3) is 0.556. The molecule has 6 heteroatoms. The lowest BCUT2D eigenvalue weighted by Gasteiger charge is -2.27. The number of carbonyl (C=O) groups excluding carboxylic acids is 2. The van der Waals surface area contributed by atoms with Crippen molar-refractivity contribution in [3.63, 3.8) is 0 Å². The Bertz CT molecular complexity index is 548. The van der Waals surface area contributed by atoms with Crippen LogP contribution >= 0.6 is 0 Å². The molecule has 1 heterocycles. The molecule has 0 saturated carbocycles. The number of carbonyl (C=O) groups is 2. The maximum Gasteiger partial charge on any atom is 0.409 e. The van der Waals surface area contributed by atoms with Gasteiger partial charge in [0.1, 0.15) is 11.8 Å². The first-order valence-corrected chi connectivity index (χ1v) is 8.28. The maximum atomic E-state index is 12.5. The van der Waals surface area contributed by atoms with E-state index in [1.165, 1.54) is 0 Å². The summed E-state index contributed by atoms with van der Waals surface area (Å²) in [5.74, 6) is -0.173. The Morgan fingerprint density at radius 3 is 2.33 bits per heavy atom. The molecule has 1 aliphatic rings. The van der Waals surface area contributed by atoms with Gasteiger partial charge in [0.25, 0.3) is 0 Å². The molecule has 0 aromatic heterocycles. The van der Waals surface area contributed by atoms with Gasteiger partial charge >= 0.3 is 6.09 Å². The van der Waals surface area contributed by atoms with Crippen molar-refractivity contribution in [3.05, 3.63) is 35.9 Å². The van der Waals surface area contributed by atoms with Crippen molar-refractivity contribution >= 4 is 12.0 Å². The summed E-state index contributed by atoms with van der Waals surface area (Å²) >= 11 is 0. The van der Waals surface area contributed by atoms with Crippen molar-refractivity contribution in [2.75, 3.05) is 13.2 Å². The summed E-state index contributed by atoms with van der Waals surface area (Å²) in [6.07, 6.45) is 0.194. The molecule has 1 unspecified atom stereocenters. The summed E-state index contributed by atoms with van der Waals surface area (Å²) < 4.78 is 10.6. The number of alkyl carbamates (subject to hydrolysis) is 1. The topological polar surface area (TPSA) is 76.7 Å². The van der Waals surface area contributed by atoms with Crippen molar-refractivity contribution in [1.82, 2.24) is 10.6 Å². The highest BCUT2D eigenvalue weighted by atomic mass is 16.6. The van der Waals surface area contributed by atoms with Crippen LogP contribution in [-0.4, -0.2) is 30.8 Å². The van der Waals surface area contributed by atoms with Crippen LogP contribution in [0.3, 0.4) is 0 Å². The Kier molecular flexibility index (Phi) is 6.20. The summed E-state index contributed by atoms with van der Waals surface area (Å²) in [5.41, 5.74) is 0.194. The highest BCUT2D eigenvalue weighted by Gasteiger charge is 2.26. The van der Waals surface area contributed by atoms with Crippen LogP contribution in [0.5, 0.6) is 0 Å². The van der Waals surface area contributed by atoms with Gasteiger partial charge < -0.3 is 14.8 Å². The van der Waals surface area contributed by atoms with Gasteiger partial charge in [0.15, 0.2) is 0 Å². The monoisotopic (exact) mass is 334 g/mol. The molecule has 0 radical (unpaired) electrons. The molecule has 0 bridgehead atoms. The number of amides is 2. The van der Waals surface area contributed by atoms with Crippen molar-refractivity contribution < 1.29 is 19.1 Å². The Hall–Kier alpha value is -2.08. The van der Waals surface area contributed by atoms with Crippen molar-refractivity contribution in [3.8, 4) is 0 Å². The van der Waals surface area contributed by atoms with E-state index in [4.69, 9.17) is 9.47 Å². The van der Waals surface area contributed by atoms with Gasteiger partial charge in [-0.2, -0.15) is 0 Å². The van der Waals surface area contributed by atoms with E-state index in [-0.39, 0.29) is 11.8 Å². The van der Waals surface area contributed by atoms with E-state index in [9.17, 15) is 9.59 Å². The first-order valence-electron chi connectivity index (χ1n) is 8.28. The highest BCUT2D eigenvalue weighted by molar-refractivity contribution is 5.80. The van der Waals surface area contributed by atoms with Gasteiger partial charge in [-0.25, -0.2) is 4.79 Å². The lowest BCUT2D eigenvalue weighted by Crippen LogP contribution is -2.45. The zero-order valence-corrected chi connectivity index (χ0v) is 14.5. The van der Waals surface area contributed by atoms with E-state index in [0.29, 0.717) is 26.1 Å². The fourth-order valence-corrected chi connectivity index (χ4v) is 2.49. The molecule has 0 spiro atoms. The fourth-order valence-electron chi connectivity index (χ4n) is 2.49. The Balaban J connectivity index is 2.05. The van der Waals surface area contributed by atoms with Gasteiger partial charge in [-0.1, -0.05) is 30.3 Å². The third-order valence-corrected chi connectivity index (χ3v) is 3.67. The number of hydrogen-bond donors (Lipinski definition) is 2. The molecule has 1 aromatic rings. The number of hydrogen-bond acceptors (Lipinski definition) is 4. The highest BCUT2D eigenvalue weighted by Crippen LogP contribution is 2.18. The van der Waals surface area contributed by atoms with E-state index in [2.05, 4.69) is 10.6 Å². The lowest BCUT2D eigenvalue weighted by molar-refractivity contribution is -0.128. The predicted octanol–water partition coefficient (Wildman–Crippen LogP) is 2.75. The molecule has 1 atom stereocenters. The smallest absolute Gasteiger partial charge is 0.409 e. The first kappa shape index (κ1) is 18.3. The number of rotatable bonds is 4. The van der Waals surface area contributed by atoms with Gasteiger partial charge in [-0.05, 0) is 39.2 Å². The molecule has 6 nitrogen and oxygen atoms in total. The third-order valence-electron chi connectivity index (χ3n) is 3.67. The van der Waals surface area contributed by atoms with E-state index in [1.54, 1.807) is 20.8 Å². The Morgan fingerprint density at radius 1 is 1.12 bits per heavy atom. The number of ether oxygens (including phenoxy) is 2. The summed E-state index contributed by atoms with van der Waals surface area (Å²) in [5, 5.41) is 5.65. The van der Waals surface area contributed by atoms with E-state index < -0.39 is 17.9 Å². The zero-order valence-electron chi connectivity index (χ0n) is 14.5. The van der Waals surface area contributed by atoms with E-state index in [1.807, 2.05) is 30.3 Å². The molecule has 1 fully saturated rings. The molecule has 132 valence electrons. The maximum absolute atomic E-state index is 12.5. The van der Waals surface area contributed by atoms with E-state index >= 15 is 0 Å². The van der Waals surface area contributed by atoms with Crippen molar-refractivity contribution in [1.29, 1.82) is 0 Å². The van der Waals surface area contributed by atoms with Crippen LogP contribution in [0.25, 0.3) is 0 Å². The molecule has 2 amide bonds. The van der Waals surface area contributed by atoms with Crippen LogP contribution in [0.15, 0.2) is 30.3 Å². The molecule has 0 aliphatic carbocycles. The van der Waals surface area contributed by atoms with Gasteiger partial charge in [-0.3, -0.25) is 10.1 Å². The van der Waals surface area contributed by atoms with Crippen molar-refractivity contribution in [2.45, 2.75) is 45.4 Å². The molecule has 1 aromatic carbocycles. The second-order valence-corrected chi connectivity index (χ2v) is 6.89. The Morgan fingerprint density at radius 2 is 1.75 bits per heavy atom. The van der Waals surface area contributed by atoms with Crippen LogP contribution in [-0.2, 0) is 14.3 Å². The second-order valence-electron chi connectivity index (χ2n) is 6.89. The molecule has 2 rings (SSSR count). The zero-order chi connectivity index (χ0) is 17.6. The average Bonchev–Trinajstić information content (AvgIpc) is 2.54. The van der Waals surface area contributed by atoms with Crippen LogP contribution in [0.2, 0.25) is 0 Å². The predicted molar refractivity (Wildman–Crippen MR) is 90.2 cm³/mol. The van der Waals surface area contributed by atoms with Crippen LogP contribution < -0.4 is 10.6 Å². The molecule has 1 aliphatic heterocycles. The van der Waals surface area contributed by atoms with Gasteiger partial charge in [0, 0.05) is 19.1 Å². The lowest BCUT2D eigenvalue weighted by atomic mass is 9.99. The van der Waals surface area contributed by atoms with Gasteiger partial charge in [0.2, 0.25) is 5.91 Å². The average molecular weight is 334 g/mol. The largest absolute Gasteiger partial charge is 0.444 e. The molecular formula is C18H26N2O4. The summed E-state index contributed by atoms with van der Waals surface area (Å²) in [6, 6.07) is 9.31. The second kappa shape index (κ2) is 8.15. The molecule has 1 saturated heterocycles. The number of nitrogens with one attached hydrogen (secondary N) is 2. The number of benzene rings is 1. The van der Waals surface area contributed by atoms with Gasteiger partial charge in [-0.15, -0.1) is 0 Å². The Labute approximate surface area is 142 Å². The summed E-state index contributed by atoms with van der Waals surface area (Å²) in [4.78, 5) is 24.6. The minimum Gasteiger partial charge on any atom is -0.444 e. The van der Waals surface area contributed by atoms with Crippen LogP contribution in [0.1, 0.15) is 45.3 Å². The first-order chi connectivity index (χ1) is 11.3. The quantitative estimate of drug-likeness (QED) is 0.830. The van der Waals surface area contributed by atoms with Crippen LogP contribution in [0, 0.1) is 5.92 Å². The van der Waals surface area contributed by atoms with E-state index in [0.717, 1.165) is 5.56 Å². The summed E-state index contributed by atoms with van der Waals surface area (Å²) in [6.45, 7) is 6.57. The van der Waals surface area contributed by atoms with Crippen molar-refractivity contribution in [2.24, 2.45) is 5.92 Å².